The first-order valence-electron chi connectivity index (χ1n) is 13.5. The number of hydrogen-bond donors (Lipinski definition) is 2. The third kappa shape index (κ3) is 7.00. The Labute approximate surface area is 227 Å². The summed E-state index contributed by atoms with van der Waals surface area (Å²) in [7, 11) is 0. The quantitative estimate of drug-likeness (QED) is 0.341. The molecule has 6 nitrogen and oxygen atoms in total. The zero-order valence-corrected chi connectivity index (χ0v) is 23.7. The van der Waals surface area contributed by atoms with Crippen LogP contribution in [0.4, 0.5) is 0 Å². The van der Waals surface area contributed by atoms with Gasteiger partial charge in [-0.1, -0.05) is 84.0 Å². The molecule has 202 valence electrons. The van der Waals surface area contributed by atoms with E-state index in [1.54, 1.807) is 6.21 Å². The molecule has 0 saturated carbocycles. The summed E-state index contributed by atoms with van der Waals surface area (Å²) in [6.45, 7) is 17.4. The molecule has 1 saturated heterocycles. The lowest BCUT2D eigenvalue weighted by Gasteiger charge is -2.34. The Kier molecular flexibility index (Phi) is 8.24. The van der Waals surface area contributed by atoms with Gasteiger partial charge in [-0.15, -0.1) is 0 Å². The van der Waals surface area contributed by atoms with Crippen LogP contribution >= 0.6 is 0 Å². The smallest absolute Gasteiger partial charge is 0.254 e. The van der Waals surface area contributed by atoms with Gasteiger partial charge in [0.15, 0.2) is 0 Å². The highest BCUT2D eigenvalue weighted by Crippen LogP contribution is 2.37. The molecule has 6 heteroatoms. The molecule has 38 heavy (non-hydrogen) atoms. The Balaban J connectivity index is 1.30. The van der Waals surface area contributed by atoms with Crippen molar-refractivity contribution in [2.45, 2.75) is 58.9 Å². The molecular formula is C32H42N4O2. The minimum atomic E-state index is -0.215. The number of benzene rings is 3. The van der Waals surface area contributed by atoms with Crippen molar-refractivity contribution in [3.05, 3.63) is 76.9 Å². The Bertz CT molecular complexity index is 1310. The molecule has 0 unspecified atom stereocenters. The molecule has 0 atom stereocenters. The summed E-state index contributed by atoms with van der Waals surface area (Å²) in [5.74, 6) is 0.0674. The molecule has 1 aliphatic heterocycles. The predicted molar refractivity (Wildman–Crippen MR) is 157 cm³/mol. The second-order valence-electron chi connectivity index (χ2n) is 12.5. The van der Waals surface area contributed by atoms with Crippen LogP contribution in [-0.2, 0) is 22.2 Å². The van der Waals surface area contributed by atoms with Crippen LogP contribution in [0, 0.1) is 0 Å². The first kappa shape index (κ1) is 27.8. The first-order valence-corrected chi connectivity index (χ1v) is 13.5. The van der Waals surface area contributed by atoms with Crippen LogP contribution in [0.2, 0.25) is 0 Å². The highest BCUT2D eigenvalue weighted by Gasteiger charge is 2.24. The third-order valence-corrected chi connectivity index (χ3v) is 7.26. The number of carbonyl (C=O) groups is 1. The number of nitrogens with one attached hydrogen (secondary N) is 1. The molecule has 3 aromatic rings. The van der Waals surface area contributed by atoms with Gasteiger partial charge in [-0.05, 0) is 44.9 Å². The van der Waals surface area contributed by atoms with Crippen LogP contribution in [0.25, 0.3) is 10.8 Å². The molecule has 1 fully saturated rings. The van der Waals surface area contributed by atoms with E-state index < -0.39 is 0 Å². The third-order valence-electron chi connectivity index (χ3n) is 7.26. The molecular weight excluding hydrogens is 472 g/mol. The fourth-order valence-electron chi connectivity index (χ4n) is 4.87. The number of fused-ring (bicyclic) bond motifs is 1. The summed E-state index contributed by atoms with van der Waals surface area (Å²) in [5.41, 5.74) is 6.29. The van der Waals surface area contributed by atoms with Crippen molar-refractivity contribution in [2.24, 2.45) is 5.10 Å². The number of phenolic OH excluding ortho intramolecular Hbond substituents is 1. The lowest BCUT2D eigenvalue weighted by Crippen LogP contribution is -2.48. The van der Waals surface area contributed by atoms with Crippen molar-refractivity contribution in [1.82, 2.24) is 15.2 Å². The van der Waals surface area contributed by atoms with E-state index in [-0.39, 0.29) is 22.5 Å². The van der Waals surface area contributed by atoms with Crippen molar-refractivity contribution in [2.75, 3.05) is 32.7 Å². The van der Waals surface area contributed by atoms with Crippen molar-refractivity contribution < 1.29 is 9.90 Å². The molecule has 0 aromatic heterocycles. The Morgan fingerprint density at radius 3 is 2.21 bits per heavy atom. The summed E-state index contributed by atoms with van der Waals surface area (Å²) in [6, 6.07) is 19.1. The van der Waals surface area contributed by atoms with E-state index in [1.807, 2.05) is 6.07 Å². The standard InChI is InChI=1S/C32H42N4O2/c1-31(2,3)27-18-26(30(38)28(19-27)32(4,5)6)20-33-34-29(37)22-36-15-13-35(14-16-36)21-23-11-12-24-9-7-8-10-25(24)17-23/h7-12,17-20,38H,13-16,21-22H2,1-6H3,(H,34,37)/b33-20-. The minimum absolute atomic E-state index is 0.0734. The maximum atomic E-state index is 12.6. The van der Waals surface area contributed by atoms with E-state index in [0.717, 1.165) is 43.9 Å². The molecule has 0 bridgehead atoms. The van der Waals surface area contributed by atoms with Gasteiger partial charge in [0.25, 0.3) is 5.91 Å². The maximum Gasteiger partial charge on any atom is 0.254 e. The lowest BCUT2D eigenvalue weighted by molar-refractivity contribution is -0.122. The highest BCUT2D eigenvalue weighted by molar-refractivity contribution is 5.87. The molecule has 4 rings (SSSR count). The summed E-state index contributed by atoms with van der Waals surface area (Å²) in [4.78, 5) is 17.2. The Hall–Kier alpha value is -3.22. The number of rotatable bonds is 6. The van der Waals surface area contributed by atoms with E-state index in [0.29, 0.717) is 12.1 Å². The summed E-state index contributed by atoms with van der Waals surface area (Å²) in [5, 5.41) is 17.6. The molecule has 0 spiro atoms. The van der Waals surface area contributed by atoms with E-state index >= 15 is 0 Å². The molecule has 3 aromatic carbocycles. The van der Waals surface area contributed by atoms with Crippen LogP contribution < -0.4 is 5.43 Å². The minimum Gasteiger partial charge on any atom is -0.507 e. The van der Waals surface area contributed by atoms with Gasteiger partial charge >= 0.3 is 0 Å². The van der Waals surface area contributed by atoms with Crippen molar-refractivity contribution in [3.63, 3.8) is 0 Å². The van der Waals surface area contributed by atoms with Gasteiger partial charge in [0.05, 0.1) is 12.8 Å². The van der Waals surface area contributed by atoms with Gasteiger partial charge in [-0.25, -0.2) is 5.43 Å². The SMILES string of the molecule is CC(C)(C)c1cc(/C=N\NC(=O)CN2CCN(Cc3ccc4ccccc4c3)CC2)c(O)c(C(C)(C)C)c1. The number of aromatic hydroxyl groups is 1. The fourth-order valence-corrected chi connectivity index (χ4v) is 4.87. The maximum absolute atomic E-state index is 12.6. The fraction of sp³-hybridized carbons (Fsp3) is 0.438. The highest BCUT2D eigenvalue weighted by atomic mass is 16.3. The number of nitrogens with zero attached hydrogens (tertiary/aromatic N) is 3. The lowest BCUT2D eigenvalue weighted by atomic mass is 9.79. The zero-order valence-electron chi connectivity index (χ0n) is 23.7. The van der Waals surface area contributed by atoms with Crippen molar-refractivity contribution in [3.8, 4) is 5.75 Å². The van der Waals surface area contributed by atoms with Crippen LogP contribution in [0.1, 0.15) is 63.8 Å². The van der Waals surface area contributed by atoms with Crippen LogP contribution in [0.5, 0.6) is 5.75 Å². The number of piperazine rings is 1. The number of hydrogen-bond acceptors (Lipinski definition) is 5. The van der Waals surface area contributed by atoms with Crippen LogP contribution in [0.15, 0.2) is 59.7 Å². The average Bonchev–Trinajstić information content (AvgIpc) is 2.85. The first-order chi connectivity index (χ1) is 17.9. The molecule has 2 N–H and O–H groups in total. The van der Waals surface area contributed by atoms with Gasteiger partial charge in [0.1, 0.15) is 5.75 Å². The molecule has 0 aliphatic carbocycles. The number of amides is 1. The number of phenols is 1. The van der Waals surface area contributed by atoms with Gasteiger partial charge in [-0.2, -0.15) is 5.10 Å². The zero-order chi connectivity index (χ0) is 27.5. The van der Waals surface area contributed by atoms with E-state index in [9.17, 15) is 9.90 Å². The molecule has 0 radical (unpaired) electrons. The summed E-state index contributed by atoms with van der Waals surface area (Å²) in [6.07, 6.45) is 1.55. The number of hydrazone groups is 1. The normalized spacial score (nSPS) is 15.8. The molecule has 1 heterocycles. The topological polar surface area (TPSA) is 68.2 Å². The Morgan fingerprint density at radius 2 is 1.55 bits per heavy atom. The van der Waals surface area contributed by atoms with E-state index in [1.165, 1.54) is 16.3 Å². The van der Waals surface area contributed by atoms with Crippen molar-refractivity contribution in [1.29, 1.82) is 0 Å². The largest absolute Gasteiger partial charge is 0.507 e. The van der Waals surface area contributed by atoms with E-state index in [2.05, 4.69) is 110 Å². The Morgan fingerprint density at radius 1 is 0.895 bits per heavy atom. The second kappa shape index (κ2) is 11.3. The van der Waals surface area contributed by atoms with E-state index in [4.69, 9.17) is 0 Å². The van der Waals surface area contributed by atoms with Crippen LogP contribution in [0.3, 0.4) is 0 Å². The molecule has 1 amide bonds. The monoisotopic (exact) mass is 514 g/mol. The number of carbonyl (C=O) groups excluding carboxylic acids is 1. The second-order valence-corrected chi connectivity index (χ2v) is 12.5. The van der Waals surface area contributed by atoms with Crippen molar-refractivity contribution >= 4 is 22.9 Å². The van der Waals surface area contributed by atoms with Gasteiger partial charge < -0.3 is 5.11 Å². The summed E-state index contributed by atoms with van der Waals surface area (Å²) < 4.78 is 0. The van der Waals surface area contributed by atoms with Gasteiger partial charge in [0, 0.05) is 43.9 Å². The molecule has 1 aliphatic rings. The van der Waals surface area contributed by atoms with Gasteiger partial charge in [-0.3, -0.25) is 14.6 Å². The predicted octanol–water partition coefficient (Wildman–Crippen LogP) is 5.41. The average molecular weight is 515 g/mol. The van der Waals surface area contributed by atoms with Gasteiger partial charge in [0.2, 0.25) is 0 Å². The van der Waals surface area contributed by atoms with Crippen LogP contribution in [-0.4, -0.2) is 59.8 Å². The summed E-state index contributed by atoms with van der Waals surface area (Å²) >= 11 is 0.